The minimum Gasteiger partial charge on any atom is -0.368 e. The summed E-state index contributed by atoms with van der Waals surface area (Å²) >= 11 is 0. The van der Waals surface area contributed by atoms with Crippen molar-refractivity contribution in [2.45, 2.75) is 0 Å². The highest BCUT2D eigenvalue weighted by atomic mass is 19.1. The molecule has 0 radical (unpaired) electrons. The van der Waals surface area contributed by atoms with Crippen molar-refractivity contribution >= 4 is 24.0 Å². The fraction of sp³-hybridized carbons (Fsp3) is 0. The number of benzene rings is 1. The fourth-order valence-corrected chi connectivity index (χ4v) is 1.25. The lowest BCUT2D eigenvalue weighted by Crippen LogP contribution is -2.03. The van der Waals surface area contributed by atoms with Crippen molar-refractivity contribution in [3.8, 4) is 0 Å². The van der Waals surface area contributed by atoms with Crippen LogP contribution in [0.5, 0.6) is 0 Å². The molecule has 0 aliphatic heterocycles. The average Bonchev–Trinajstić information content (AvgIpc) is 2.27. The zero-order valence-corrected chi connectivity index (χ0v) is 8.84. The molecular formula is C11H10FN5. The number of halogens is 1. The lowest BCUT2D eigenvalue weighted by molar-refractivity contribution is 0.628. The Kier molecular flexibility index (Phi) is 2.95. The Labute approximate surface area is 97.0 Å². The number of hydrogen-bond acceptors (Lipinski definition) is 5. The van der Waals surface area contributed by atoms with E-state index in [0.717, 1.165) is 5.56 Å². The largest absolute Gasteiger partial charge is 0.368 e. The highest BCUT2D eigenvalue weighted by Gasteiger charge is 1.97. The van der Waals surface area contributed by atoms with Gasteiger partial charge in [0.15, 0.2) is 5.82 Å². The van der Waals surface area contributed by atoms with E-state index in [1.807, 2.05) is 0 Å². The first kappa shape index (κ1) is 11.0. The molecule has 1 aromatic carbocycles. The normalized spacial score (nSPS) is 10.9. The average molecular weight is 231 g/mol. The molecule has 0 aliphatic carbocycles. The standard InChI is InChI=1S/C11H10FN5/c12-8-4-1-7(2-5-8)3-6-9-15-10(13)17-11(14)16-9/h1-6H,(H4,13,14,15,16,17)/b6-3+. The quantitative estimate of drug-likeness (QED) is 0.814. The van der Waals surface area contributed by atoms with E-state index in [2.05, 4.69) is 15.0 Å². The monoisotopic (exact) mass is 231 g/mol. The third-order valence-electron chi connectivity index (χ3n) is 1.98. The van der Waals surface area contributed by atoms with Gasteiger partial charge in [-0.2, -0.15) is 15.0 Å². The van der Waals surface area contributed by atoms with Crippen LogP contribution in [-0.4, -0.2) is 15.0 Å². The molecule has 5 nitrogen and oxygen atoms in total. The summed E-state index contributed by atoms with van der Waals surface area (Å²) in [4.78, 5) is 11.4. The first-order valence-corrected chi connectivity index (χ1v) is 4.84. The van der Waals surface area contributed by atoms with Gasteiger partial charge in [-0.25, -0.2) is 4.39 Å². The van der Waals surface area contributed by atoms with Crippen LogP contribution < -0.4 is 11.5 Å². The van der Waals surface area contributed by atoms with Crippen LogP contribution in [0.4, 0.5) is 16.3 Å². The molecule has 0 saturated carbocycles. The summed E-state index contributed by atoms with van der Waals surface area (Å²) in [5, 5.41) is 0. The topological polar surface area (TPSA) is 90.7 Å². The van der Waals surface area contributed by atoms with Crippen LogP contribution in [-0.2, 0) is 0 Å². The number of anilines is 2. The maximum absolute atomic E-state index is 12.7. The Morgan fingerprint density at radius 2 is 1.47 bits per heavy atom. The molecule has 2 rings (SSSR count). The van der Waals surface area contributed by atoms with Crippen LogP contribution in [0, 0.1) is 5.82 Å². The number of hydrogen-bond donors (Lipinski definition) is 2. The molecule has 0 amide bonds. The van der Waals surface area contributed by atoms with Crippen molar-refractivity contribution < 1.29 is 4.39 Å². The lowest BCUT2D eigenvalue weighted by atomic mass is 10.2. The molecule has 0 aliphatic rings. The first-order chi connectivity index (χ1) is 8.13. The zero-order chi connectivity index (χ0) is 12.3. The SMILES string of the molecule is Nc1nc(N)nc(/C=C/c2ccc(F)cc2)n1. The highest BCUT2D eigenvalue weighted by molar-refractivity contribution is 5.67. The van der Waals surface area contributed by atoms with E-state index in [0.29, 0.717) is 5.82 Å². The Balaban J connectivity index is 2.22. The summed E-state index contributed by atoms with van der Waals surface area (Å²) in [5.74, 6) is 0.211. The first-order valence-electron chi connectivity index (χ1n) is 4.84. The number of aromatic nitrogens is 3. The minimum absolute atomic E-state index is 0.0660. The predicted molar refractivity (Wildman–Crippen MR) is 64.0 cm³/mol. The molecule has 17 heavy (non-hydrogen) atoms. The van der Waals surface area contributed by atoms with Crippen molar-refractivity contribution in [2.24, 2.45) is 0 Å². The summed E-state index contributed by atoms with van der Waals surface area (Å²) in [6.45, 7) is 0. The van der Waals surface area contributed by atoms with Gasteiger partial charge < -0.3 is 11.5 Å². The number of rotatable bonds is 2. The molecule has 4 N–H and O–H groups in total. The molecule has 1 aromatic heterocycles. The molecule has 86 valence electrons. The summed E-state index contributed by atoms with van der Waals surface area (Å²) in [5.41, 5.74) is 11.7. The van der Waals surface area contributed by atoms with Crippen molar-refractivity contribution in [3.63, 3.8) is 0 Å². The summed E-state index contributed by atoms with van der Waals surface area (Å²) < 4.78 is 12.7. The van der Waals surface area contributed by atoms with Gasteiger partial charge in [-0.3, -0.25) is 0 Å². The van der Waals surface area contributed by atoms with Crippen LogP contribution in [0.3, 0.4) is 0 Å². The summed E-state index contributed by atoms with van der Waals surface area (Å²) in [6.07, 6.45) is 3.36. The van der Waals surface area contributed by atoms with Crippen LogP contribution in [0.1, 0.15) is 11.4 Å². The van der Waals surface area contributed by atoms with Gasteiger partial charge in [-0.05, 0) is 23.8 Å². The molecule has 0 bridgehead atoms. The molecule has 0 atom stereocenters. The lowest BCUT2D eigenvalue weighted by Gasteiger charge is -1.97. The highest BCUT2D eigenvalue weighted by Crippen LogP contribution is 2.07. The van der Waals surface area contributed by atoms with Gasteiger partial charge in [0, 0.05) is 0 Å². The van der Waals surface area contributed by atoms with E-state index in [1.165, 1.54) is 12.1 Å². The van der Waals surface area contributed by atoms with Crippen LogP contribution in [0.2, 0.25) is 0 Å². The van der Waals surface area contributed by atoms with E-state index in [-0.39, 0.29) is 17.7 Å². The van der Waals surface area contributed by atoms with E-state index in [4.69, 9.17) is 11.5 Å². The second-order valence-corrected chi connectivity index (χ2v) is 3.29. The van der Waals surface area contributed by atoms with E-state index in [1.54, 1.807) is 24.3 Å². The molecule has 0 unspecified atom stereocenters. The van der Waals surface area contributed by atoms with Crippen LogP contribution >= 0.6 is 0 Å². The van der Waals surface area contributed by atoms with Crippen LogP contribution in [0.15, 0.2) is 24.3 Å². The van der Waals surface area contributed by atoms with Gasteiger partial charge in [0.25, 0.3) is 0 Å². The Morgan fingerprint density at radius 3 is 2.06 bits per heavy atom. The fourth-order valence-electron chi connectivity index (χ4n) is 1.25. The van der Waals surface area contributed by atoms with Gasteiger partial charge >= 0.3 is 0 Å². The zero-order valence-electron chi connectivity index (χ0n) is 8.84. The molecular weight excluding hydrogens is 221 g/mol. The van der Waals surface area contributed by atoms with Crippen molar-refractivity contribution in [1.29, 1.82) is 0 Å². The Morgan fingerprint density at radius 1 is 0.882 bits per heavy atom. The second kappa shape index (κ2) is 4.56. The maximum atomic E-state index is 12.7. The van der Waals surface area contributed by atoms with Gasteiger partial charge in [0.1, 0.15) is 5.82 Å². The molecule has 0 fully saturated rings. The van der Waals surface area contributed by atoms with E-state index < -0.39 is 0 Å². The van der Waals surface area contributed by atoms with E-state index in [9.17, 15) is 4.39 Å². The van der Waals surface area contributed by atoms with Gasteiger partial charge in [0.2, 0.25) is 11.9 Å². The van der Waals surface area contributed by atoms with E-state index >= 15 is 0 Å². The number of nitrogens with zero attached hydrogens (tertiary/aromatic N) is 3. The van der Waals surface area contributed by atoms with Crippen molar-refractivity contribution in [1.82, 2.24) is 15.0 Å². The molecule has 1 heterocycles. The Bertz CT molecular complexity index is 530. The van der Waals surface area contributed by atoms with Crippen molar-refractivity contribution in [3.05, 3.63) is 41.5 Å². The predicted octanol–water partition coefficient (Wildman–Crippen LogP) is 1.35. The van der Waals surface area contributed by atoms with Gasteiger partial charge in [-0.15, -0.1) is 0 Å². The number of nitrogens with two attached hydrogens (primary N) is 2. The van der Waals surface area contributed by atoms with Gasteiger partial charge in [-0.1, -0.05) is 18.2 Å². The summed E-state index contributed by atoms with van der Waals surface area (Å²) in [7, 11) is 0. The summed E-state index contributed by atoms with van der Waals surface area (Å²) in [6, 6.07) is 6.02. The third kappa shape index (κ3) is 2.97. The smallest absolute Gasteiger partial charge is 0.225 e. The van der Waals surface area contributed by atoms with Gasteiger partial charge in [0.05, 0.1) is 0 Å². The number of nitrogen functional groups attached to an aromatic ring is 2. The Hall–Kier alpha value is -2.50. The third-order valence-corrected chi connectivity index (χ3v) is 1.98. The molecule has 0 saturated heterocycles. The second-order valence-electron chi connectivity index (χ2n) is 3.29. The maximum Gasteiger partial charge on any atom is 0.225 e. The molecule has 2 aromatic rings. The molecule has 0 spiro atoms. The molecule has 6 heteroatoms. The van der Waals surface area contributed by atoms with Crippen molar-refractivity contribution in [2.75, 3.05) is 11.5 Å². The minimum atomic E-state index is -0.282. The van der Waals surface area contributed by atoms with Crippen LogP contribution in [0.25, 0.3) is 12.2 Å².